The largest absolute Gasteiger partial charge is 0.493 e. The number of hydrogen-bond donors (Lipinski definition) is 1. The molecule has 4 rings (SSSR count). The number of hydrogen-bond acceptors (Lipinski definition) is 3. The highest BCUT2D eigenvalue weighted by molar-refractivity contribution is 6.07. The molecule has 0 aliphatic heterocycles. The standard InChI is InChI=1S/C22H19NO3/c1-25-20-9-5-8-18(21(20)26-2)22(24)23-16-11-10-15-12-14-6-3-4-7-17(14)19(15)13-16/h3-11,13H,12H2,1-2H3,(H,23,24). The Bertz CT molecular complexity index is 994. The van der Waals surface area contributed by atoms with Gasteiger partial charge in [0, 0.05) is 5.69 Å². The number of benzene rings is 3. The molecule has 3 aromatic carbocycles. The Morgan fingerprint density at radius 3 is 2.50 bits per heavy atom. The molecule has 0 bridgehead atoms. The van der Waals surface area contributed by atoms with E-state index >= 15 is 0 Å². The Kier molecular flexibility index (Phi) is 4.09. The lowest BCUT2D eigenvalue weighted by molar-refractivity contribution is 0.102. The summed E-state index contributed by atoms with van der Waals surface area (Å²) in [7, 11) is 3.08. The molecule has 0 fully saturated rings. The fourth-order valence-corrected chi connectivity index (χ4v) is 3.47. The van der Waals surface area contributed by atoms with Crippen LogP contribution in [0.4, 0.5) is 5.69 Å². The number of nitrogens with one attached hydrogen (secondary N) is 1. The maximum atomic E-state index is 12.8. The van der Waals surface area contributed by atoms with Gasteiger partial charge >= 0.3 is 0 Å². The normalized spacial score (nSPS) is 11.5. The number of carbonyl (C=O) groups is 1. The number of amides is 1. The van der Waals surface area contributed by atoms with Gasteiger partial charge in [0.05, 0.1) is 19.8 Å². The van der Waals surface area contributed by atoms with Gasteiger partial charge in [-0.2, -0.15) is 0 Å². The van der Waals surface area contributed by atoms with E-state index < -0.39 is 0 Å². The van der Waals surface area contributed by atoms with Crippen LogP contribution in [0.25, 0.3) is 11.1 Å². The average molecular weight is 345 g/mol. The number of rotatable bonds is 4. The molecule has 130 valence electrons. The molecule has 3 aromatic rings. The van der Waals surface area contributed by atoms with Gasteiger partial charge < -0.3 is 14.8 Å². The summed E-state index contributed by atoms with van der Waals surface area (Å²) >= 11 is 0. The van der Waals surface area contributed by atoms with Gasteiger partial charge in [0.25, 0.3) is 5.91 Å². The van der Waals surface area contributed by atoms with Crippen molar-refractivity contribution in [3.8, 4) is 22.6 Å². The Morgan fingerprint density at radius 2 is 1.69 bits per heavy atom. The number of anilines is 1. The van der Waals surface area contributed by atoms with Gasteiger partial charge in [-0.25, -0.2) is 0 Å². The maximum Gasteiger partial charge on any atom is 0.259 e. The zero-order valence-electron chi connectivity index (χ0n) is 14.7. The van der Waals surface area contributed by atoms with Gasteiger partial charge in [0.15, 0.2) is 11.5 Å². The molecule has 0 unspecified atom stereocenters. The minimum atomic E-state index is -0.230. The number of ether oxygens (including phenoxy) is 2. The Hall–Kier alpha value is -3.27. The first-order chi connectivity index (χ1) is 12.7. The van der Waals surface area contributed by atoms with Crippen LogP contribution >= 0.6 is 0 Å². The molecule has 0 saturated carbocycles. The van der Waals surface area contributed by atoms with Crippen LogP contribution in [0.2, 0.25) is 0 Å². The number of para-hydroxylation sites is 1. The van der Waals surface area contributed by atoms with Crippen molar-refractivity contribution in [1.82, 2.24) is 0 Å². The first-order valence-corrected chi connectivity index (χ1v) is 8.45. The van der Waals surface area contributed by atoms with Crippen molar-refractivity contribution in [1.29, 1.82) is 0 Å². The minimum absolute atomic E-state index is 0.230. The van der Waals surface area contributed by atoms with E-state index in [4.69, 9.17) is 9.47 Å². The first kappa shape index (κ1) is 16.2. The molecule has 0 aromatic heterocycles. The smallest absolute Gasteiger partial charge is 0.259 e. The zero-order chi connectivity index (χ0) is 18.1. The van der Waals surface area contributed by atoms with Crippen LogP contribution in [0, 0.1) is 0 Å². The Balaban J connectivity index is 1.65. The molecule has 0 spiro atoms. The van der Waals surface area contributed by atoms with Crippen molar-refractivity contribution in [2.75, 3.05) is 19.5 Å². The van der Waals surface area contributed by atoms with Crippen LogP contribution in [-0.4, -0.2) is 20.1 Å². The molecular formula is C22H19NO3. The van der Waals surface area contributed by atoms with Crippen molar-refractivity contribution in [3.63, 3.8) is 0 Å². The second-order valence-electron chi connectivity index (χ2n) is 6.20. The molecule has 4 heteroatoms. The summed E-state index contributed by atoms with van der Waals surface area (Å²) in [6.07, 6.45) is 0.934. The SMILES string of the molecule is COc1cccc(C(=O)Nc2ccc3c(c2)-c2ccccc2C3)c1OC. The van der Waals surface area contributed by atoms with Crippen molar-refractivity contribution < 1.29 is 14.3 Å². The van der Waals surface area contributed by atoms with Gasteiger partial charge in [-0.3, -0.25) is 4.79 Å². The van der Waals surface area contributed by atoms with Crippen LogP contribution < -0.4 is 14.8 Å². The van der Waals surface area contributed by atoms with Crippen molar-refractivity contribution in [2.45, 2.75) is 6.42 Å². The van der Waals surface area contributed by atoms with Crippen LogP contribution in [-0.2, 0) is 6.42 Å². The molecule has 0 radical (unpaired) electrons. The fourth-order valence-electron chi connectivity index (χ4n) is 3.47. The lowest BCUT2D eigenvalue weighted by atomic mass is 10.1. The highest BCUT2D eigenvalue weighted by Crippen LogP contribution is 2.38. The summed E-state index contributed by atoms with van der Waals surface area (Å²) in [4.78, 5) is 12.8. The van der Waals surface area contributed by atoms with Gasteiger partial charge in [-0.15, -0.1) is 0 Å². The molecule has 1 N–H and O–H groups in total. The average Bonchev–Trinajstić information content (AvgIpc) is 3.05. The van der Waals surface area contributed by atoms with E-state index in [0.717, 1.165) is 12.1 Å². The maximum absolute atomic E-state index is 12.8. The van der Waals surface area contributed by atoms with Crippen LogP contribution in [0.3, 0.4) is 0 Å². The van der Waals surface area contributed by atoms with E-state index in [0.29, 0.717) is 17.1 Å². The molecular weight excluding hydrogens is 326 g/mol. The first-order valence-electron chi connectivity index (χ1n) is 8.45. The predicted molar refractivity (Wildman–Crippen MR) is 102 cm³/mol. The predicted octanol–water partition coefficient (Wildman–Crippen LogP) is 4.53. The summed E-state index contributed by atoms with van der Waals surface area (Å²) in [6, 6.07) is 19.7. The second-order valence-corrected chi connectivity index (χ2v) is 6.20. The van der Waals surface area contributed by atoms with Crippen LogP contribution in [0.5, 0.6) is 11.5 Å². The zero-order valence-corrected chi connectivity index (χ0v) is 14.7. The third-order valence-electron chi connectivity index (χ3n) is 4.70. The quantitative estimate of drug-likeness (QED) is 0.591. The van der Waals surface area contributed by atoms with Crippen LogP contribution in [0.15, 0.2) is 60.7 Å². The van der Waals surface area contributed by atoms with Crippen molar-refractivity contribution in [2.24, 2.45) is 0 Å². The van der Waals surface area contributed by atoms with Crippen molar-refractivity contribution >= 4 is 11.6 Å². The molecule has 4 nitrogen and oxygen atoms in total. The molecule has 1 aliphatic carbocycles. The highest BCUT2D eigenvalue weighted by atomic mass is 16.5. The topological polar surface area (TPSA) is 47.6 Å². The number of methoxy groups -OCH3 is 2. The summed E-state index contributed by atoms with van der Waals surface area (Å²) in [5, 5.41) is 2.97. The number of fused-ring (bicyclic) bond motifs is 3. The highest BCUT2D eigenvalue weighted by Gasteiger charge is 2.20. The van der Waals surface area contributed by atoms with Crippen molar-refractivity contribution in [3.05, 3.63) is 77.4 Å². The summed E-state index contributed by atoms with van der Waals surface area (Å²) in [5.74, 6) is 0.731. The minimum Gasteiger partial charge on any atom is -0.493 e. The number of carbonyl (C=O) groups excluding carboxylic acids is 1. The van der Waals surface area contributed by atoms with E-state index in [1.165, 1.54) is 29.4 Å². The van der Waals surface area contributed by atoms with Crippen LogP contribution in [0.1, 0.15) is 21.5 Å². The molecule has 1 amide bonds. The lowest BCUT2D eigenvalue weighted by Gasteiger charge is -2.13. The Labute approximate surface area is 152 Å². The van der Waals surface area contributed by atoms with E-state index in [9.17, 15) is 4.79 Å². The van der Waals surface area contributed by atoms with Gasteiger partial charge in [0.2, 0.25) is 0 Å². The Morgan fingerprint density at radius 1 is 0.885 bits per heavy atom. The second kappa shape index (κ2) is 6.56. The molecule has 1 aliphatic rings. The van der Waals surface area contributed by atoms with Gasteiger partial charge in [-0.05, 0) is 52.9 Å². The molecule has 26 heavy (non-hydrogen) atoms. The van der Waals surface area contributed by atoms with E-state index in [2.05, 4.69) is 29.6 Å². The van der Waals surface area contributed by atoms with Gasteiger partial charge in [-0.1, -0.05) is 36.4 Å². The third kappa shape index (κ3) is 2.69. The molecule has 0 heterocycles. The third-order valence-corrected chi connectivity index (χ3v) is 4.70. The molecule has 0 atom stereocenters. The summed E-state index contributed by atoms with van der Waals surface area (Å²) < 4.78 is 10.6. The fraction of sp³-hybridized carbons (Fsp3) is 0.136. The van der Waals surface area contributed by atoms with E-state index in [-0.39, 0.29) is 5.91 Å². The lowest BCUT2D eigenvalue weighted by Crippen LogP contribution is -2.13. The summed E-state index contributed by atoms with van der Waals surface area (Å²) in [5.41, 5.74) is 6.21. The van der Waals surface area contributed by atoms with Gasteiger partial charge in [0.1, 0.15) is 0 Å². The summed E-state index contributed by atoms with van der Waals surface area (Å²) in [6.45, 7) is 0. The van der Waals surface area contributed by atoms with E-state index in [1.807, 2.05) is 18.2 Å². The van der Waals surface area contributed by atoms with E-state index in [1.54, 1.807) is 25.3 Å². The monoisotopic (exact) mass is 345 g/mol. The molecule has 0 saturated heterocycles.